The predicted octanol–water partition coefficient (Wildman–Crippen LogP) is 3.62. The number of esters is 1. The molecule has 1 saturated heterocycles. The van der Waals surface area contributed by atoms with Crippen LogP contribution in [0.2, 0.25) is 0 Å². The third-order valence-corrected chi connectivity index (χ3v) is 5.24. The second-order valence-corrected chi connectivity index (χ2v) is 7.44. The number of nitrogens with one attached hydrogen (secondary N) is 1. The lowest BCUT2D eigenvalue weighted by Gasteiger charge is -2.33. The number of likely N-dealkylation sites (tertiary alicyclic amines) is 1. The molecule has 1 aliphatic rings. The van der Waals surface area contributed by atoms with Gasteiger partial charge in [-0.25, -0.2) is 9.98 Å². The fourth-order valence-electron chi connectivity index (χ4n) is 3.57. The van der Waals surface area contributed by atoms with E-state index < -0.39 is 0 Å². The molecule has 1 N–H and O–H groups in total. The van der Waals surface area contributed by atoms with Crippen molar-refractivity contribution in [2.75, 3.05) is 33.4 Å². The summed E-state index contributed by atoms with van der Waals surface area (Å²) in [5, 5.41) is 3.34. The lowest BCUT2D eigenvalue weighted by Crippen LogP contribution is -2.46. The van der Waals surface area contributed by atoms with E-state index in [4.69, 9.17) is 19.2 Å². The lowest BCUT2D eigenvalue weighted by molar-refractivity contribution is -0.146. The molecule has 1 aromatic carbocycles. The van der Waals surface area contributed by atoms with Gasteiger partial charge in [0.2, 0.25) is 5.88 Å². The van der Waals surface area contributed by atoms with Gasteiger partial charge < -0.3 is 24.4 Å². The van der Waals surface area contributed by atoms with Crippen LogP contribution >= 0.6 is 0 Å². The fraction of sp³-hybridized carbons (Fsp3) is 0.458. The zero-order valence-corrected chi connectivity index (χ0v) is 19.0. The number of guanidine groups is 1. The number of piperidine rings is 1. The smallest absolute Gasteiger partial charge is 0.308 e. The maximum absolute atomic E-state index is 11.8. The van der Waals surface area contributed by atoms with E-state index >= 15 is 0 Å². The first-order chi connectivity index (χ1) is 15.6. The molecule has 0 bridgehead atoms. The van der Waals surface area contributed by atoms with Crippen molar-refractivity contribution in [3.8, 4) is 17.4 Å². The number of methoxy groups -OCH3 is 1. The molecule has 8 heteroatoms. The largest absolute Gasteiger partial charge is 0.490 e. The van der Waals surface area contributed by atoms with Gasteiger partial charge in [-0.3, -0.25) is 4.79 Å². The Bertz CT molecular complexity index is 893. The SMILES string of the molecule is CCNC(=NCc1ccc(Oc2ccccc2OCC)nc1)N1CCC(C(=O)OC)CC1. The zero-order valence-electron chi connectivity index (χ0n) is 19.0. The monoisotopic (exact) mass is 440 g/mol. The van der Waals surface area contributed by atoms with E-state index in [0.717, 1.165) is 44.0 Å². The van der Waals surface area contributed by atoms with Crippen molar-refractivity contribution in [2.24, 2.45) is 10.9 Å². The maximum Gasteiger partial charge on any atom is 0.308 e. The molecule has 1 aromatic heterocycles. The topological polar surface area (TPSA) is 85.3 Å². The minimum atomic E-state index is -0.121. The minimum Gasteiger partial charge on any atom is -0.490 e. The number of aliphatic imine (C=N–C) groups is 1. The number of nitrogens with zero attached hydrogens (tertiary/aromatic N) is 3. The second-order valence-electron chi connectivity index (χ2n) is 7.44. The standard InChI is InChI=1S/C24H32N4O4/c1-4-25-24(28-14-12-19(13-15-28)23(29)30-3)27-17-18-10-11-22(26-16-18)32-21-9-7-6-8-20(21)31-5-2/h6-11,16,19H,4-5,12-15,17H2,1-3H3,(H,25,27). The lowest BCUT2D eigenvalue weighted by atomic mass is 9.97. The number of benzene rings is 1. The van der Waals surface area contributed by atoms with Crippen molar-refractivity contribution < 1.29 is 19.0 Å². The molecule has 0 atom stereocenters. The Morgan fingerprint density at radius 1 is 1.16 bits per heavy atom. The molecule has 3 rings (SSSR count). The van der Waals surface area contributed by atoms with Gasteiger partial charge >= 0.3 is 5.97 Å². The first kappa shape index (κ1) is 23.4. The van der Waals surface area contributed by atoms with E-state index in [0.29, 0.717) is 30.5 Å². The summed E-state index contributed by atoms with van der Waals surface area (Å²) < 4.78 is 16.4. The van der Waals surface area contributed by atoms with E-state index in [1.165, 1.54) is 7.11 Å². The molecular weight excluding hydrogens is 408 g/mol. The molecule has 2 heterocycles. The summed E-state index contributed by atoms with van der Waals surface area (Å²) in [6.07, 6.45) is 3.32. The number of ether oxygens (including phenoxy) is 3. The van der Waals surface area contributed by atoms with Crippen molar-refractivity contribution >= 4 is 11.9 Å². The quantitative estimate of drug-likeness (QED) is 0.381. The fourth-order valence-corrected chi connectivity index (χ4v) is 3.57. The number of para-hydroxylation sites is 2. The zero-order chi connectivity index (χ0) is 22.8. The highest BCUT2D eigenvalue weighted by Crippen LogP contribution is 2.30. The highest BCUT2D eigenvalue weighted by atomic mass is 16.5. The Kier molecular flexibility index (Phi) is 8.71. The van der Waals surface area contributed by atoms with E-state index in [2.05, 4.69) is 15.2 Å². The summed E-state index contributed by atoms with van der Waals surface area (Å²) in [6.45, 7) is 7.38. The second kappa shape index (κ2) is 11.9. The Morgan fingerprint density at radius 3 is 2.53 bits per heavy atom. The number of aromatic nitrogens is 1. The van der Waals surface area contributed by atoms with Gasteiger partial charge in [0.05, 0.1) is 26.2 Å². The van der Waals surface area contributed by atoms with Crippen LogP contribution in [0.15, 0.2) is 47.6 Å². The molecule has 32 heavy (non-hydrogen) atoms. The summed E-state index contributed by atoms with van der Waals surface area (Å²) in [5.41, 5.74) is 0.982. The highest BCUT2D eigenvalue weighted by Gasteiger charge is 2.26. The Morgan fingerprint density at radius 2 is 1.91 bits per heavy atom. The van der Waals surface area contributed by atoms with Crippen molar-refractivity contribution in [2.45, 2.75) is 33.2 Å². The van der Waals surface area contributed by atoms with Gasteiger partial charge in [0.1, 0.15) is 0 Å². The molecule has 2 aromatic rings. The number of carbonyl (C=O) groups excluding carboxylic acids is 1. The average molecular weight is 441 g/mol. The average Bonchev–Trinajstić information content (AvgIpc) is 2.83. The van der Waals surface area contributed by atoms with Gasteiger partial charge in [-0.15, -0.1) is 0 Å². The minimum absolute atomic E-state index is 0.0243. The highest BCUT2D eigenvalue weighted by molar-refractivity contribution is 5.80. The van der Waals surface area contributed by atoms with Crippen LogP contribution in [0.1, 0.15) is 32.3 Å². The van der Waals surface area contributed by atoms with Crippen LogP contribution < -0.4 is 14.8 Å². The van der Waals surface area contributed by atoms with Crippen LogP contribution in [0, 0.1) is 5.92 Å². The molecule has 1 aliphatic heterocycles. The Hall–Kier alpha value is -3.29. The summed E-state index contributed by atoms with van der Waals surface area (Å²) in [6, 6.07) is 11.3. The van der Waals surface area contributed by atoms with Crippen molar-refractivity contribution in [1.82, 2.24) is 15.2 Å². The molecule has 0 saturated carbocycles. The van der Waals surface area contributed by atoms with Crippen LogP contribution in [-0.4, -0.2) is 55.2 Å². The molecule has 0 aliphatic carbocycles. The molecule has 1 fully saturated rings. The molecular formula is C24H32N4O4. The van der Waals surface area contributed by atoms with Crippen LogP contribution in [0.5, 0.6) is 17.4 Å². The number of carbonyl (C=O) groups is 1. The first-order valence-electron chi connectivity index (χ1n) is 11.1. The van der Waals surface area contributed by atoms with Gasteiger partial charge in [-0.2, -0.15) is 0 Å². The van der Waals surface area contributed by atoms with Gasteiger partial charge in [-0.05, 0) is 44.4 Å². The predicted molar refractivity (Wildman–Crippen MR) is 123 cm³/mol. The third kappa shape index (κ3) is 6.35. The van der Waals surface area contributed by atoms with E-state index in [9.17, 15) is 4.79 Å². The normalized spacial score (nSPS) is 14.7. The number of pyridine rings is 1. The van der Waals surface area contributed by atoms with E-state index in [1.54, 1.807) is 6.20 Å². The number of hydrogen-bond acceptors (Lipinski definition) is 6. The van der Waals surface area contributed by atoms with Crippen LogP contribution in [0.3, 0.4) is 0 Å². The van der Waals surface area contributed by atoms with Crippen LogP contribution in [-0.2, 0) is 16.1 Å². The van der Waals surface area contributed by atoms with Crippen molar-refractivity contribution in [3.63, 3.8) is 0 Å². The molecule has 172 valence electrons. The van der Waals surface area contributed by atoms with E-state index in [1.807, 2.05) is 50.2 Å². The third-order valence-electron chi connectivity index (χ3n) is 5.24. The number of rotatable bonds is 8. The Labute approximate surface area is 189 Å². The molecule has 0 amide bonds. The van der Waals surface area contributed by atoms with Gasteiger partial charge in [0.25, 0.3) is 0 Å². The Balaban J connectivity index is 1.60. The number of hydrogen-bond donors (Lipinski definition) is 1. The first-order valence-corrected chi connectivity index (χ1v) is 11.1. The molecule has 0 unspecified atom stereocenters. The maximum atomic E-state index is 11.8. The van der Waals surface area contributed by atoms with Crippen molar-refractivity contribution in [1.29, 1.82) is 0 Å². The van der Waals surface area contributed by atoms with Gasteiger partial charge in [0.15, 0.2) is 17.5 Å². The summed E-state index contributed by atoms with van der Waals surface area (Å²) in [4.78, 5) is 23.1. The molecule has 0 radical (unpaired) electrons. The summed E-state index contributed by atoms with van der Waals surface area (Å²) in [7, 11) is 1.45. The summed E-state index contributed by atoms with van der Waals surface area (Å²) >= 11 is 0. The summed E-state index contributed by atoms with van der Waals surface area (Å²) in [5.74, 6) is 2.53. The van der Waals surface area contributed by atoms with Crippen LogP contribution in [0.25, 0.3) is 0 Å². The molecule has 8 nitrogen and oxygen atoms in total. The van der Waals surface area contributed by atoms with Crippen molar-refractivity contribution in [3.05, 3.63) is 48.2 Å². The van der Waals surface area contributed by atoms with Gasteiger partial charge in [-0.1, -0.05) is 18.2 Å². The van der Waals surface area contributed by atoms with Crippen LogP contribution in [0.4, 0.5) is 0 Å². The molecule has 0 spiro atoms. The van der Waals surface area contributed by atoms with Gasteiger partial charge in [0, 0.05) is 31.9 Å². The van der Waals surface area contributed by atoms with E-state index in [-0.39, 0.29) is 11.9 Å².